The number of carbonyl (C=O) groups is 1. The summed E-state index contributed by atoms with van der Waals surface area (Å²) in [6.07, 6.45) is 2.44. The molecule has 0 bridgehead atoms. The molecule has 4 rings (SSSR count). The maximum absolute atomic E-state index is 15.2. The second kappa shape index (κ2) is 8.57. The average Bonchev–Trinajstić information content (AvgIpc) is 2.73. The predicted molar refractivity (Wildman–Crippen MR) is 111 cm³/mol. The van der Waals surface area contributed by atoms with Crippen LogP contribution in [0, 0.1) is 27.7 Å². The highest BCUT2D eigenvalue weighted by atomic mass is 19.1. The predicted octanol–water partition coefficient (Wildman–Crippen LogP) is 3.61. The molecule has 1 aromatic carbocycles. The van der Waals surface area contributed by atoms with E-state index in [1.807, 2.05) is 0 Å². The summed E-state index contributed by atoms with van der Waals surface area (Å²) in [6.45, 7) is 1.52. The lowest BCUT2D eigenvalue weighted by atomic mass is 9.83. The highest BCUT2D eigenvalue weighted by molar-refractivity contribution is 5.80. The molecule has 0 aliphatic carbocycles. The van der Waals surface area contributed by atoms with Crippen molar-refractivity contribution in [2.75, 3.05) is 13.1 Å². The molecular weight excluding hydrogens is 439 g/mol. The molecule has 1 unspecified atom stereocenters. The molecule has 2 aromatic heterocycles. The topological polar surface area (TPSA) is 102 Å². The van der Waals surface area contributed by atoms with Crippen LogP contribution in [-0.4, -0.2) is 43.8 Å². The maximum atomic E-state index is 15.2. The van der Waals surface area contributed by atoms with Crippen LogP contribution in [0.4, 0.5) is 18.9 Å². The van der Waals surface area contributed by atoms with Crippen molar-refractivity contribution in [2.24, 2.45) is 5.92 Å². The number of likely N-dealkylation sites (tertiary alicyclic amines) is 1. The monoisotopic (exact) mass is 457 g/mol. The van der Waals surface area contributed by atoms with Crippen molar-refractivity contribution in [1.82, 2.24) is 19.9 Å². The Bertz CT molecular complexity index is 1220. The highest BCUT2D eigenvalue weighted by Crippen LogP contribution is 2.37. The van der Waals surface area contributed by atoms with Crippen molar-refractivity contribution < 1.29 is 22.9 Å². The van der Waals surface area contributed by atoms with Crippen LogP contribution in [0.5, 0.6) is 0 Å². The lowest BCUT2D eigenvalue weighted by molar-refractivity contribution is -0.385. The SMILES string of the molecule is CC(F)(c1ncccn1)C1CN(C(=O)Cc2nc(-c3ccc(F)cc3F)ccc2[N+](=O)[O-])C1. The number of nitrogens with zero attached hydrogens (tertiary/aromatic N) is 5. The van der Waals surface area contributed by atoms with Crippen LogP contribution < -0.4 is 0 Å². The molecule has 1 aliphatic heterocycles. The highest BCUT2D eigenvalue weighted by Gasteiger charge is 2.47. The normalized spacial score (nSPS) is 15.6. The van der Waals surface area contributed by atoms with E-state index in [0.717, 1.165) is 18.2 Å². The molecular formula is C22H18F3N5O3. The first-order chi connectivity index (χ1) is 15.7. The van der Waals surface area contributed by atoms with Gasteiger partial charge >= 0.3 is 0 Å². The molecule has 0 spiro atoms. The van der Waals surface area contributed by atoms with Crippen molar-refractivity contribution in [1.29, 1.82) is 0 Å². The first-order valence-corrected chi connectivity index (χ1v) is 10.0. The summed E-state index contributed by atoms with van der Waals surface area (Å²) < 4.78 is 42.5. The zero-order valence-electron chi connectivity index (χ0n) is 17.4. The third-order valence-corrected chi connectivity index (χ3v) is 5.68. The van der Waals surface area contributed by atoms with E-state index < -0.39 is 46.2 Å². The fourth-order valence-electron chi connectivity index (χ4n) is 3.65. The molecule has 11 heteroatoms. The first-order valence-electron chi connectivity index (χ1n) is 10.0. The number of aromatic nitrogens is 3. The van der Waals surface area contributed by atoms with Gasteiger partial charge < -0.3 is 4.90 Å². The zero-order valence-corrected chi connectivity index (χ0v) is 17.4. The van der Waals surface area contributed by atoms with Crippen molar-refractivity contribution in [2.45, 2.75) is 19.0 Å². The molecule has 3 heterocycles. The number of hydrogen-bond donors (Lipinski definition) is 0. The molecule has 1 saturated heterocycles. The van der Waals surface area contributed by atoms with Crippen LogP contribution in [-0.2, 0) is 16.9 Å². The van der Waals surface area contributed by atoms with Gasteiger partial charge in [-0.15, -0.1) is 0 Å². The number of alkyl halides is 1. The second-order valence-electron chi connectivity index (χ2n) is 7.86. The third-order valence-electron chi connectivity index (χ3n) is 5.68. The van der Waals surface area contributed by atoms with Gasteiger partial charge in [0, 0.05) is 49.1 Å². The van der Waals surface area contributed by atoms with Gasteiger partial charge in [-0.3, -0.25) is 14.9 Å². The summed E-state index contributed by atoms with van der Waals surface area (Å²) in [5, 5.41) is 11.4. The van der Waals surface area contributed by atoms with Gasteiger partial charge in [-0.05, 0) is 31.2 Å². The third kappa shape index (κ3) is 4.38. The zero-order chi connectivity index (χ0) is 23.8. The van der Waals surface area contributed by atoms with Gasteiger partial charge in [0.1, 0.15) is 17.3 Å². The summed E-state index contributed by atoms with van der Waals surface area (Å²) in [7, 11) is 0. The van der Waals surface area contributed by atoms with Gasteiger partial charge in [0.15, 0.2) is 11.5 Å². The van der Waals surface area contributed by atoms with Gasteiger partial charge in [0.2, 0.25) is 5.91 Å². The van der Waals surface area contributed by atoms with E-state index in [2.05, 4.69) is 15.0 Å². The van der Waals surface area contributed by atoms with Crippen LogP contribution in [0.15, 0.2) is 48.8 Å². The Hall–Kier alpha value is -3.89. The number of rotatable bonds is 6. The molecule has 1 fully saturated rings. The van der Waals surface area contributed by atoms with Crippen LogP contribution in [0.3, 0.4) is 0 Å². The van der Waals surface area contributed by atoms with Gasteiger partial charge in [0.25, 0.3) is 5.69 Å². The van der Waals surface area contributed by atoms with E-state index in [1.165, 1.54) is 30.3 Å². The number of halogens is 3. The molecule has 3 aromatic rings. The molecule has 170 valence electrons. The van der Waals surface area contributed by atoms with Crippen LogP contribution in [0.2, 0.25) is 0 Å². The Morgan fingerprint density at radius 3 is 2.55 bits per heavy atom. The summed E-state index contributed by atoms with van der Waals surface area (Å²) in [6, 6.07) is 6.81. The van der Waals surface area contributed by atoms with Gasteiger partial charge in [-0.1, -0.05) is 0 Å². The van der Waals surface area contributed by atoms with Crippen molar-refractivity contribution in [3.8, 4) is 11.3 Å². The lowest BCUT2D eigenvalue weighted by Gasteiger charge is -2.44. The van der Waals surface area contributed by atoms with E-state index in [-0.39, 0.29) is 35.9 Å². The number of amides is 1. The van der Waals surface area contributed by atoms with Crippen molar-refractivity contribution in [3.63, 3.8) is 0 Å². The number of hydrogen-bond acceptors (Lipinski definition) is 6. The first kappa shape index (κ1) is 22.3. The molecule has 8 nitrogen and oxygen atoms in total. The van der Waals surface area contributed by atoms with Gasteiger partial charge in [-0.2, -0.15) is 0 Å². The number of pyridine rings is 1. The molecule has 1 atom stereocenters. The second-order valence-corrected chi connectivity index (χ2v) is 7.86. The lowest BCUT2D eigenvalue weighted by Crippen LogP contribution is -2.56. The minimum atomic E-state index is -1.84. The molecule has 1 amide bonds. The summed E-state index contributed by atoms with van der Waals surface area (Å²) in [4.78, 5) is 36.8. The smallest absolute Gasteiger partial charge is 0.291 e. The largest absolute Gasteiger partial charge is 0.341 e. The summed E-state index contributed by atoms with van der Waals surface area (Å²) >= 11 is 0. The van der Waals surface area contributed by atoms with Crippen molar-refractivity contribution in [3.05, 3.63) is 82.1 Å². The molecule has 0 radical (unpaired) electrons. The van der Waals surface area contributed by atoms with Crippen LogP contribution >= 0.6 is 0 Å². The molecule has 33 heavy (non-hydrogen) atoms. The van der Waals surface area contributed by atoms with E-state index in [9.17, 15) is 23.7 Å². The fourth-order valence-corrected chi connectivity index (χ4v) is 3.65. The number of nitro groups is 1. The molecule has 0 saturated carbocycles. The maximum Gasteiger partial charge on any atom is 0.291 e. The fraction of sp³-hybridized carbons (Fsp3) is 0.273. The Morgan fingerprint density at radius 2 is 1.91 bits per heavy atom. The van der Waals surface area contributed by atoms with Crippen LogP contribution in [0.1, 0.15) is 18.4 Å². The Balaban J connectivity index is 1.51. The number of carbonyl (C=O) groups excluding carboxylic acids is 1. The Morgan fingerprint density at radius 1 is 1.21 bits per heavy atom. The van der Waals surface area contributed by atoms with Crippen LogP contribution in [0.25, 0.3) is 11.3 Å². The van der Waals surface area contributed by atoms with E-state index in [0.29, 0.717) is 6.07 Å². The summed E-state index contributed by atoms with van der Waals surface area (Å²) in [5.74, 6) is -2.66. The Labute approximate surface area is 186 Å². The van der Waals surface area contributed by atoms with Gasteiger partial charge in [-0.25, -0.2) is 28.1 Å². The van der Waals surface area contributed by atoms with E-state index in [4.69, 9.17) is 0 Å². The quantitative estimate of drug-likeness (QED) is 0.414. The standard InChI is InChI=1S/C22H18F3N5O3/c1-22(25,21-26-7-2-8-27-21)13-11-29(12-13)20(31)10-18-19(30(32)33)6-5-17(28-18)15-4-3-14(23)9-16(15)24/h2-9,13H,10-12H2,1H3. The minimum Gasteiger partial charge on any atom is -0.341 e. The Kier molecular flexibility index (Phi) is 5.79. The molecule has 0 N–H and O–H groups in total. The van der Waals surface area contributed by atoms with Gasteiger partial charge in [0.05, 0.1) is 17.0 Å². The molecule has 1 aliphatic rings. The van der Waals surface area contributed by atoms with Crippen molar-refractivity contribution >= 4 is 11.6 Å². The number of benzene rings is 1. The average molecular weight is 457 g/mol. The van der Waals surface area contributed by atoms with E-state index >= 15 is 4.39 Å². The summed E-state index contributed by atoms with van der Waals surface area (Å²) in [5.41, 5.74) is -2.44. The van der Waals surface area contributed by atoms with E-state index in [1.54, 1.807) is 6.07 Å². The minimum absolute atomic E-state index is 0.0217.